The normalized spacial score (nSPS) is 12.9. The zero-order valence-electron chi connectivity index (χ0n) is 8.98. The summed E-state index contributed by atoms with van der Waals surface area (Å²) < 4.78 is 49.7. The Balaban J connectivity index is 2.70. The number of aryl methyl sites for hydroxylation is 1. The van der Waals surface area contributed by atoms with Crippen LogP contribution in [0, 0.1) is 30.0 Å². The molecule has 1 aromatic rings. The summed E-state index contributed by atoms with van der Waals surface area (Å²) in [7, 11) is 0. The van der Waals surface area contributed by atoms with Gasteiger partial charge in [-0.2, -0.15) is 18.4 Å². The van der Waals surface area contributed by atoms with Gasteiger partial charge in [-0.3, -0.25) is 0 Å². The average Bonchev–Trinajstić information content (AvgIpc) is 2.14. The van der Waals surface area contributed by atoms with E-state index < -0.39 is 24.5 Å². The molecule has 0 aliphatic heterocycles. The molecule has 2 nitrogen and oxygen atoms in total. The molecule has 1 rings (SSSR count). The molecule has 1 unspecified atom stereocenters. The summed E-state index contributed by atoms with van der Waals surface area (Å²) in [6.45, 7) is 1.03. The van der Waals surface area contributed by atoms with Gasteiger partial charge in [-0.05, 0) is 30.7 Å². The Morgan fingerprint density at radius 3 is 2.47 bits per heavy atom. The smallest absolute Gasteiger partial charge is 0.383 e. The van der Waals surface area contributed by atoms with Gasteiger partial charge in [0.2, 0.25) is 0 Å². The van der Waals surface area contributed by atoms with Crippen LogP contribution in [0.2, 0.25) is 0 Å². The third kappa shape index (κ3) is 3.94. The van der Waals surface area contributed by atoms with Gasteiger partial charge >= 0.3 is 6.18 Å². The van der Waals surface area contributed by atoms with Gasteiger partial charge in [0, 0.05) is 12.2 Å². The molecule has 0 saturated carbocycles. The van der Waals surface area contributed by atoms with E-state index in [2.05, 4.69) is 5.32 Å². The lowest BCUT2D eigenvalue weighted by molar-refractivity contribution is -0.155. The molecule has 1 N–H and O–H groups in total. The van der Waals surface area contributed by atoms with Crippen LogP contribution in [0.5, 0.6) is 0 Å². The molecule has 1 aromatic carbocycles. The molecule has 0 amide bonds. The number of hydrogen-bond donors (Lipinski definition) is 1. The van der Waals surface area contributed by atoms with Gasteiger partial charge in [0.1, 0.15) is 5.82 Å². The van der Waals surface area contributed by atoms with Crippen molar-refractivity contribution < 1.29 is 17.6 Å². The molecule has 0 radical (unpaired) electrons. The molecule has 0 aromatic heterocycles. The highest BCUT2D eigenvalue weighted by Gasteiger charge is 2.39. The Kier molecular flexibility index (Phi) is 3.94. The molecular weight excluding hydrogens is 236 g/mol. The van der Waals surface area contributed by atoms with E-state index in [1.165, 1.54) is 12.1 Å². The highest BCUT2D eigenvalue weighted by Crippen LogP contribution is 2.26. The van der Waals surface area contributed by atoms with Crippen molar-refractivity contribution >= 4 is 5.69 Å². The van der Waals surface area contributed by atoms with Crippen LogP contribution >= 0.6 is 0 Å². The summed E-state index contributed by atoms with van der Waals surface area (Å²) in [5.74, 6) is -2.64. The van der Waals surface area contributed by atoms with E-state index in [0.29, 0.717) is 5.56 Å². The second-order valence-electron chi connectivity index (χ2n) is 3.62. The van der Waals surface area contributed by atoms with E-state index in [9.17, 15) is 17.6 Å². The molecule has 17 heavy (non-hydrogen) atoms. The van der Waals surface area contributed by atoms with Crippen LogP contribution in [0.1, 0.15) is 5.56 Å². The summed E-state index contributed by atoms with van der Waals surface area (Å²) in [6.07, 6.45) is -4.58. The number of alkyl halides is 3. The average molecular weight is 246 g/mol. The third-order valence-corrected chi connectivity index (χ3v) is 2.10. The molecule has 6 heteroatoms. The van der Waals surface area contributed by atoms with Gasteiger partial charge in [0.15, 0.2) is 5.92 Å². The fraction of sp³-hybridized carbons (Fsp3) is 0.364. The molecule has 0 bridgehead atoms. The molecule has 0 spiro atoms. The summed E-state index contributed by atoms with van der Waals surface area (Å²) >= 11 is 0. The van der Waals surface area contributed by atoms with Crippen molar-refractivity contribution in [2.24, 2.45) is 5.92 Å². The zero-order chi connectivity index (χ0) is 13.1. The maximum absolute atomic E-state index is 12.9. The second-order valence-corrected chi connectivity index (χ2v) is 3.62. The number of halogens is 4. The Morgan fingerprint density at radius 1 is 1.35 bits per heavy atom. The van der Waals surface area contributed by atoms with Crippen molar-refractivity contribution in [3.8, 4) is 6.07 Å². The minimum atomic E-state index is -4.58. The number of nitrogens with zero attached hydrogens (tertiary/aromatic N) is 1. The Morgan fingerprint density at radius 2 is 2.00 bits per heavy atom. The Hall–Kier alpha value is -1.77. The maximum atomic E-state index is 12.9. The predicted molar refractivity (Wildman–Crippen MR) is 54.8 cm³/mol. The first-order valence-corrected chi connectivity index (χ1v) is 4.80. The zero-order valence-corrected chi connectivity index (χ0v) is 8.98. The predicted octanol–water partition coefficient (Wildman–Crippen LogP) is 3.25. The number of benzene rings is 1. The van der Waals surface area contributed by atoms with E-state index in [-0.39, 0.29) is 5.69 Å². The molecule has 0 aliphatic rings. The standard InChI is InChI=1S/C11H10F4N2/c1-7-2-9(12)4-10(3-7)17-6-8(5-16)11(13,14)15/h2-4,8,17H,6H2,1H3. The summed E-state index contributed by atoms with van der Waals surface area (Å²) in [5, 5.41) is 10.8. The van der Waals surface area contributed by atoms with Crippen LogP contribution in [0.15, 0.2) is 18.2 Å². The first-order valence-electron chi connectivity index (χ1n) is 4.80. The van der Waals surface area contributed by atoms with Gasteiger partial charge in [0.25, 0.3) is 0 Å². The number of nitriles is 1. The topological polar surface area (TPSA) is 35.8 Å². The molecule has 1 atom stereocenters. The van der Waals surface area contributed by atoms with Gasteiger partial charge in [-0.25, -0.2) is 4.39 Å². The number of anilines is 1. The Bertz CT molecular complexity index is 414. The molecular formula is C11H10F4N2. The minimum Gasteiger partial charge on any atom is -0.383 e. The van der Waals surface area contributed by atoms with Gasteiger partial charge in [-0.15, -0.1) is 0 Å². The highest BCUT2D eigenvalue weighted by atomic mass is 19.4. The fourth-order valence-electron chi connectivity index (χ4n) is 1.29. The van der Waals surface area contributed by atoms with E-state index >= 15 is 0 Å². The van der Waals surface area contributed by atoms with E-state index in [1.807, 2.05) is 0 Å². The Labute approximate surface area is 95.9 Å². The van der Waals surface area contributed by atoms with E-state index in [0.717, 1.165) is 12.1 Å². The van der Waals surface area contributed by atoms with Crippen LogP contribution in [-0.2, 0) is 0 Å². The van der Waals surface area contributed by atoms with Crippen molar-refractivity contribution in [2.75, 3.05) is 11.9 Å². The largest absolute Gasteiger partial charge is 0.406 e. The van der Waals surface area contributed by atoms with Crippen molar-refractivity contribution in [3.63, 3.8) is 0 Å². The van der Waals surface area contributed by atoms with Crippen LogP contribution in [-0.4, -0.2) is 12.7 Å². The van der Waals surface area contributed by atoms with Crippen molar-refractivity contribution in [1.82, 2.24) is 0 Å². The van der Waals surface area contributed by atoms with Crippen molar-refractivity contribution in [2.45, 2.75) is 13.1 Å². The second kappa shape index (κ2) is 5.04. The van der Waals surface area contributed by atoms with Crippen LogP contribution < -0.4 is 5.32 Å². The van der Waals surface area contributed by atoms with Crippen LogP contribution in [0.25, 0.3) is 0 Å². The lowest BCUT2D eigenvalue weighted by Crippen LogP contribution is -2.28. The summed E-state index contributed by atoms with van der Waals surface area (Å²) in [5.41, 5.74) is 0.819. The summed E-state index contributed by atoms with van der Waals surface area (Å²) in [6, 6.07) is 5.01. The van der Waals surface area contributed by atoms with Crippen molar-refractivity contribution in [1.29, 1.82) is 5.26 Å². The molecule has 0 saturated heterocycles. The quantitative estimate of drug-likeness (QED) is 0.831. The van der Waals surface area contributed by atoms with Gasteiger partial charge in [-0.1, -0.05) is 0 Å². The van der Waals surface area contributed by atoms with Crippen LogP contribution in [0.3, 0.4) is 0 Å². The number of nitrogens with one attached hydrogen (secondary N) is 1. The molecule has 0 heterocycles. The lowest BCUT2D eigenvalue weighted by Gasteiger charge is -2.14. The van der Waals surface area contributed by atoms with Gasteiger partial charge < -0.3 is 5.32 Å². The fourth-order valence-corrected chi connectivity index (χ4v) is 1.29. The maximum Gasteiger partial charge on any atom is 0.406 e. The monoisotopic (exact) mass is 246 g/mol. The van der Waals surface area contributed by atoms with Crippen LogP contribution in [0.4, 0.5) is 23.2 Å². The van der Waals surface area contributed by atoms with Crippen molar-refractivity contribution in [3.05, 3.63) is 29.6 Å². The highest BCUT2D eigenvalue weighted by molar-refractivity contribution is 5.46. The first kappa shape index (κ1) is 13.3. The minimum absolute atomic E-state index is 0.229. The molecule has 0 aliphatic carbocycles. The summed E-state index contributed by atoms with van der Waals surface area (Å²) in [4.78, 5) is 0. The third-order valence-electron chi connectivity index (χ3n) is 2.10. The van der Waals surface area contributed by atoms with E-state index in [4.69, 9.17) is 5.26 Å². The van der Waals surface area contributed by atoms with Gasteiger partial charge in [0.05, 0.1) is 6.07 Å². The number of rotatable bonds is 3. The number of hydrogen-bond acceptors (Lipinski definition) is 2. The van der Waals surface area contributed by atoms with E-state index in [1.54, 1.807) is 6.92 Å². The molecule has 92 valence electrons. The first-order chi connectivity index (χ1) is 7.82. The molecule has 0 fully saturated rings. The SMILES string of the molecule is Cc1cc(F)cc(NCC(C#N)C(F)(F)F)c1. The lowest BCUT2D eigenvalue weighted by atomic mass is 10.1.